The van der Waals surface area contributed by atoms with Crippen LogP contribution in [0.15, 0.2) is 53.4 Å². The summed E-state index contributed by atoms with van der Waals surface area (Å²) < 4.78 is 27.1. The van der Waals surface area contributed by atoms with Crippen LogP contribution in [0.4, 0.5) is 0 Å². The lowest BCUT2D eigenvalue weighted by atomic mass is 9.97. The van der Waals surface area contributed by atoms with Crippen molar-refractivity contribution >= 4 is 15.9 Å². The second kappa shape index (κ2) is 7.28. The van der Waals surface area contributed by atoms with Crippen LogP contribution in [0.2, 0.25) is 0 Å². The molecule has 0 radical (unpaired) electrons. The second-order valence-corrected chi connectivity index (χ2v) is 8.36. The lowest BCUT2D eigenvalue weighted by Gasteiger charge is -2.17. The maximum absolute atomic E-state index is 12.8. The van der Waals surface area contributed by atoms with Gasteiger partial charge < -0.3 is 5.73 Å². The molecule has 1 amide bonds. The molecule has 2 N–H and O–H groups in total. The standard InChI is InChI=1S/C19H19N3O3S/c20-12-15-4-2-6-18(11-15)26(24,25)22-8-7-16(13-22)9-14-3-1-5-17(10-14)19(21)23/h1-6,10-11,16H,7-9,13H2,(H2,21,23)/t16-/m0/s1. The monoisotopic (exact) mass is 369 g/mol. The van der Waals surface area contributed by atoms with Crippen LogP contribution in [0, 0.1) is 17.2 Å². The quantitative estimate of drug-likeness (QED) is 0.869. The Morgan fingerprint density at radius 2 is 2.00 bits per heavy atom. The minimum absolute atomic E-state index is 0.146. The van der Waals surface area contributed by atoms with Crippen molar-refractivity contribution in [2.75, 3.05) is 13.1 Å². The molecule has 6 nitrogen and oxygen atoms in total. The maximum atomic E-state index is 12.8. The number of amides is 1. The van der Waals surface area contributed by atoms with Crippen molar-refractivity contribution in [3.05, 3.63) is 65.2 Å². The van der Waals surface area contributed by atoms with Gasteiger partial charge in [-0.1, -0.05) is 18.2 Å². The highest BCUT2D eigenvalue weighted by molar-refractivity contribution is 7.89. The number of primary amides is 1. The molecule has 1 atom stereocenters. The van der Waals surface area contributed by atoms with Crippen LogP contribution in [0.3, 0.4) is 0 Å². The van der Waals surface area contributed by atoms with Crippen molar-refractivity contribution in [3.8, 4) is 6.07 Å². The summed E-state index contributed by atoms with van der Waals surface area (Å²) in [6.45, 7) is 0.860. The molecule has 2 aromatic rings. The van der Waals surface area contributed by atoms with E-state index in [1.165, 1.54) is 16.4 Å². The van der Waals surface area contributed by atoms with Gasteiger partial charge in [-0.2, -0.15) is 9.57 Å². The molecule has 0 aliphatic carbocycles. The fourth-order valence-electron chi connectivity index (χ4n) is 3.24. The smallest absolute Gasteiger partial charge is 0.248 e. The number of nitriles is 1. The van der Waals surface area contributed by atoms with Crippen LogP contribution >= 0.6 is 0 Å². The number of rotatable bonds is 5. The van der Waals surface area contributed by atoms with E-state index < -0.39 is 15.9 Å². The lowest BCUT2D eigenvalue weighted by Crippen LogP contribution is -2.29. The molecular weight excluding hydrogens is 350 g/mol. The van der Waals surface area contributed by atoms with Gasteiger partial charge in [0.25, 0.3) is 0 Å². The summed E-state index contributed by atoms with van der Waals surface area (Å²) in [6.07, 6.45) is 1.43. The van der Waals surface area contributed by atoms with Crippen LogP contribution in [-0.2, 0) is 16.4 Å². The normalized spacial score (nSPS) is 17.7. The number of carbonyl (C=O) groups is 1. The first-order valence-electron chi connectivity index (χ1n) is 8.29. The first kappa shape index (κ1) is 18.1. The summed E-state index contributed by atoms with van der Waals surface area (Å²) in [4.78, 5) is 11.4. The molecule has 134 valence electrons. The Hall–Kier alpha value is -2.69. The first-order valence-corrected chi connectivity index (χ1v) is 9.73. The molecule has 0 unspecified atom stereocenters. The molecule has 0 spiro atoms. The summed E-state index contributed by atoms with van der Waals surface area (Å²) in [7, 11) is -3.61. The summed E-state index contributed by atoms with van der Waals surface area (Å²) in [5.74, 6) is -0.299. The average molecular weight is 369 g/mol. The van der Waals surface area contributed by atoms with E-state index in [9.17, 15) is 13.2 Å². The Bertz CT molecular complexity index is 980. The van der Waals surface area contributed by atoms with Crippen molar-refractivity contribution in [2.45, 2.75) is 17.7 Å². The zero-order valence-electron chi connectivity index (χ0n) is 14.1. The van der Waals surface area contributed by atoms with Gasteiger partial charge in [0.2, 0.25) is 15.9 Å². The Labute approximate surface area is 152 Å². The molecule has 0 saturated carbocycles. The third-order valence-corrected chi connectivity index (χ3v) is 6.45. The van der Waals surface area contributed by atoms with Gasteiger partial charge >= 0.3 is 0 Å². The van der Waals surface area contributed by atoms with E-state index in [0.29, 0.717) is 30.6 Å². The van der Waals surface area contributed by atoms with Crippen molar-refractivity contribution in [1.29, 1.82) is 5.26 Å². The van der Waals surface area contributed by atoms with E-state index in [1.54, 1.807) is 30.3 Å². The zero-order valence-corrected chi connectivity index (χ0v) is 14.9. The number of nitrogens with two attached hydrogens (primary N) is 1. The fraction of sp³-hybridized carbons (Fsp3) is 0.263. The highest BCUT2D eigenvalue weighted by Crippen LogP contribution is 2.27. The summed E-state index contributed by atoms with van der Waals surface area (Å²) in [5, 5.41) is 8.97. The molecule has 1 aliphatic rings. The summed E-state index contributed by atoms with van der Waals surface area (Å²) in [6, 6.07) is 15.2. The van der Waals surface area contributed by atoms with Crippen molar-refractivity contribution < 1.29 is 13.2 Å². The van der Waals surface area contributed by atoms with Gasteiger partial charge in [0.05, 0.1) is 16.5 Å². The predicted molar refractivity (Wildman–Crippen MR) is 96.7 cm³/mol. The molecule has 2 aromatic carbocycles. The topological polar surface area (TPSA) is 104 Å². The second-order valence-electron chi connectivity index (χ2n) is 6.43. The van der Waals surface area contributed by atoms with Crippen molar-refractivity contribution in [2.24, 2.45) is 11.7 Å². The Kier molecular flexibility index (Phi) is 5.07. The highest BCUT2D eigenvalue weighted by atomic mass is 32.2. The molecule has 26 heavy (non-hydrogen) atoms. The van der Waals surface area contributed by atoms with E-state index in [0.717, 1.165) is 12.0 Å². The van der Waals surface area contributed by atoms with Gasteiger partial charge in [0, 0.05) is 18.7 Å². The Morgan fingerprint density at radius 1 is 1.23 bits per heavy atom. The lowest BCUT2D eigenvalue weighted by molar-refractivity contribution is 0.1000. The third kappa shape index (κ3) is 3.77. The fourth-order valence-corrected chi connectivity index (χ4v) is 4.82. The Morgan fingerprint density at radius 3 is 2.73 bits per heavy atom. The number of hydrogen-bond donors (Lipinski definition) is 1. The third-order valence-electron chi connectivity index (χ3n) is 4.59. The molecule has 1 heterocycles. The van der Waals surface area contributed by atoms with Crippen LogP contribution in [0.1, 0.15) is 27.9 Å². The maximum Gasteiger partial charge on any atom is 0.248 e. The van der Waals surface area contributed by atoms with Crippen molar-refractivity contribution in [1.82, 2.24) is 4.31 Å². The molecule has 1 aliphatic heterocycles. The molecule has 1 saturated heterocycles. The molecular formula is C19H19N3O3S. The predicted octanol–water partition coefficient (Wildman–Crippen LogP) is 1.91. The van der Waals surface area contributed by atoms with Gasteiger partial charge in [0.15, 0.2) is 0 Å². The van der Waals surface area contributed by atoms with E-state index in [-0.39, 0.29) is 10.8 Å². The minimum atomic E-state index is -3.61. The van der Waals surface area contributed by atoms with Gasteiger partial charge in [-0.15, -0.1) is 0 Å². The minimum Gasteiger partial charge on any atom is -0.366 e. The van der Waals surface area contributed by atoms with E-state index in [1.807, 2.05) is 12.1 Å². The van der Waals surface area contributed by atoms with Gasteiger partial charge in [0.1, 0.15) is 0 Å². The first-order chi connectivity index (χ1) is 12.4. The highest BCUT2D eigenvalue weighted by Gasteiger charge is 2.32. The summed E-state index contributed by atoms with van der Waals surface area (Å²) in [5.41, 5.74) is 7.06. The van der Waals surface area contributed by atoms with Crippen LogP contribution in [0.5, 0.6) is 0 Å². The van der Waals surface area contributed by atoms with Gasteiger partial charge in [-0.05, 0) is 54.7 Å². The van der Waals surface area contributed by atoms with E-state index >= 15 is 0 Å². The largest absolute Gasteiger partial charge is 0.366 e. The summed E-state index contributed by atoms with van der Waals surface area (Å²) >= 11 is 0. The molecule has 0 bridgehead atoms. The molecule has 0 aromatic heterocycles. The van der Waals surface area contributed by atoms with Crippen LogP contribution in [-0.4, -0.2) is 31.7 Å². The Balaban J connectivity index is 1.73. The van der Waals surface area contributed by atoms with E-state index in [4.69, 9.17) is 11.0 Å². The van der Waals surface area contributed by atoms with E-state index in [2.05, 4.69) is 0 Å². The molecule has 7 heteroatoms. The number of benzene rings is 2. The van der Waals surface area contributed by atoms with Gasteiger partial charge in [-0.3, -0.25) is 4.79 Å². The molecule has 3 rings (SSSR count). The SMILES string of the molecule is N#Cc1cccc(S(=O)(=O)N2CC[C@@H](Cc3cccc(C(N)=O)c3)C2)c1. The van der Waals surface area contributed by atoms with Crippen LogP contribution < -0.4 is 5.73 Å². The number of hydrogen-bond acceptors (Lipinski definition) is 4. The number of carbonyl (C=O) groups excluding carboxylic acids is 1. The average Bonchev–Trinajstić information content (AvgIpc) is 3.11. The number of sulfonamides is 1. The van der Waals surface area contributed by atoms with Gasteiger partial charge in [-0.25, -0.2) is 8.42 Å². The van der Waals surface area contributed by atoms with Crippen LogP contribution in [0.25, 0.3) is 0 Å². The van der Waals surface area contributed by atoms with Crippen molar-refractivity contribution in [3.63, 3.8) is 0 Å². The number of nitrogens with zero attached hydrogens (tertiary/aromatic N) is 2. The molecule has 1 fully saturated rings. The zero-order chi connectivity index (χ0) is 18.7.